The normalized spacial score (nSPS) is 14.0. The van der Waals surface area contributed by atoms with Crippen LogP contribution in [0, 0.1) is 12.8 Å². The van der Waals surface area contributed by atoms with Crippen LogP contribution >= 0.6 is 11.6 Å². The maximum absolute atomic E-state index is 6.00. The molecule has 0 unspecified atom stereocenters. The summed E-state index contributed by atoms with van der Waals surface area (Å²) in [6, 6.07) is 8.94. The molecule has 1 aromatic carbocycles. The predicted octanol–water partition coefficient (Wildman–Crippen LogP) is 4.21. The van der Waals surface area contributed by atoms with E-state index < -0.39 is 0 Å². The van der Waals surface area contributed by atoms with Crippen molar-refractivity contribution in [3.05, 3.63) is 40.9 Å². The molecule has 2 N–H and O–H groups in total. The zero-order chi connectivity index (χ0) is 14.8. The number of aromatic nitrogens is 1. The maximum atomic E-state index is 6.00. The second-order valence-corrected chi connectivity index (χ2v) is 5.72. The Labute approximate surface area is 128 Å². The Bertz CT molecular complexity index is 657. The summed E-state index contributed by atoms with van der Waals surface area (Å²) in [4.78, 5) is 4.32. The number of anilines is 1. The average Bonchev–Trinajstić information content (AvgIpc) is 3.28. The monoisotopic (exact) mass is 304 g/mol. The minimum atomic E-state index is 0.435. The molecule has 0 saturated heterocycles. The Morgan fingerprint density at radius 2 is 2.10 bits per heavy atom. The topological polar surface area (TPSA) is 57.4 Å². The van der Waals surface area contributed by atoms with E-state index in [-0.39, 0.29) is 0 Å². The molecule has 5 heteroatoms. The SMILES string of the molecule is Cc1cc(Oc2ccc(N)c(OCC3CC3)n2)ccc1Cl. The van der Waals surface area contributed by atoms with Crippen LogP contribution in [0.4, 0.5) is 5.69 Å². The van der Waals surface area contributed by atoms with Crippen LogP contribution in [0.25, 0.3) is 0 Å². The molecular weight excluding hydrogens is 288 g/mol. The predicted molar refractivity (Wildman–Crippen MR) is 83.1 cm³/mol. The quantitative estimate of drug-likeness (QED) is 0.899. The number of nitrogens with zero attached hydrogens (tertiary/aromatic N) is 1. The second-order valence-electron chi connectivity index (χ2n) is 5.31. The van der Waals surface area contributed by atoms with Gasteiger partial charge in [0.05, 0.1) is 12.3 Å². The van der Waals surface area contributed by atoms with E-state index in [1.807, 2.05) is 13.0 Å². The molecule has 21 heavy (non-hydrogen) atoms. The van der Waals surface area contributed by atoms with Gasteiger partial charge in [0.1, 0.15) is 5.75 Å². The number of hydrogen-bond acceptors (Lipinski definition) is 4. The molecule has 1 aliphatic carbocycles. The lowest BCUT2D eigenvalue weighted by Crippen LogP contribution is -2.04. The third-order valence-electron chi connectivity index (χ3n) is 3.37. The molecule has 0 amide bonds. The molecule has 0 atom stereocenters. The van der Waals surface area contributed by atoms with E-state index >= 15 is 0 Å². The van der Waals surface area contributed by atoms with Crippen LogP contribution in [0.1, 0.15) is 18.4 Å². The van der Waals surface area contributed by atoms with E-state index in [2.05, 4.69) is 4.98 Å². The molecule has 3 rings (SSSR count). The first-order chi connectivity index (χ1) is 10.1. The molecular formula is C16H17ClN2O2. The van der Waals surface area contributed by atoms with Crippen molar-refractivity contribution in [2.24, 2.45) is 5.92 Å². The van der Waals surface area contributed by atoms with Gasteiger partial charge < -0.3 is 15.2 Å². The van der Waals surface area contributed by atoms with Crippen molar-refractivity contribution in [3.8, 4) is 17.5 Å². The molecule has 1 saturated carbocycles. The van der Waals surface area contributed by atoms with Gasteiger partial charge in [0.2, 0.25) is 11.8 Å². The number of ether oxygens (including phenoxy) is 2. The van der Waals surface area contributed by atoms with E-state index in [4.69, 9.17) is 26.8 Å². The highest BCUT2D eigenvalue weighted by molar-refractivity contribution is 6.31. The average molecular weight is 305 g/mol. The van der Waals surface area contributed by atoms with E-state index in [0.29, 0.717) is 40.7 Å². The molecule has 110 valence electrons. The molecule has 2 aromatic rings. The minimum Gasteiger partial charge on any atom is -0.476 e. The van der Waals surface area contributed by atoms with Gasteiger partial charge in [-0.25, -0.2) is 0 Å². The highest BCUT2D eigenvalue weighted by Crippen LogP contribution is 2.32. The summed E-state index contributed by atoms with van der Waals surface area (Å²) in [5.74, 6) is 2.22. The van der Waals surface area contributed by atoms with Crippen molar-refractivity contribution in [2.75, 3.05) is 12.3 Å². The van der Waals surface area contributed by atoms with Crippen LogP contribution in [0.2, 0.25) is 5.02 Å². The fourth-order valence-electron chi connectivity index (χ4n) is 1.89. The smallest absolute Gasteiger partial charge is 0.240 e. The fourth-order valence-corrected chi connectivity index (χ4v) is 2.01. The van der Waals surface area contributed by atoms with Gasteiger partial charge in [-0.2, -0.15) is 4.98 Å². The number of rotatable bonds is 5. The molecule has 1 heterocycles. The Hall–Kier alpha value is -1.94. The van der Waals surface area contributed by atoms with Crippen molar-refractivity contribution in [2.45, 2.75) is 19.8 Å². The summed E-state index contributed by atoms with van der Waals surface area (Å²) < 4.78 is 11.4. The lowest BCUT2D eigenvalue weighted by molar-refractivity contribution is 0.286. The van der Waals surface area contributed by atoms with E-state index in [1.165, 1.54) is 12.8 Å². The molecule has 1 fully saturated rings. The van der Waals surface area contributed by atoms with Crippen molar-refractivity contribution in [1.29, 1.82) is 0 Å². The van der Waals surface area contributed by atoms with Gasteiger partial charge in [-0.05, 0) is 55.5 Å². The van der Waals surface area contributed by atoms with Crippen LogP contribution in [0.3, 0.4) is 0 Å². The number of aryl methyl sites for hydroxylation is 1. The Morgan fingerprint density at radius 1 is 1.29 bits per heavy atom. The number of nitrogens with two attached hydrogens (primary N) is 1. The van der Waals surface area contributed by atoms with Crippen molar-refractivity contribution in [1.82, 2.24) is 4.98 Å². The summed E-state index contributed by atoms with van der Waals surface area (Å²) in [6.07, 6.45) is 2.44. The molecule has 0 radical (unpaired) electrons. The zero-order valence-electron chi connectivity index (χ0n) is 11.8. The second kappa shape index (κ2) is 5.82. The maximum Gasteiger partial charge on any atom is 0.240 e. The van der Waals surface area contributed by atoms with Gasteiger partial charge in [-0.3, -0.25) is 0 Å². The third kappa shape index (κ3) is 3.58. The molecule has 1 aliphatic rings. The molecule has 1 aromatic heterocycles. The fraction of sp³-hybridized carbons (Fsp3) is 0.312. The van der Waals surface area contributed by atoms with Gasteiger partial charge >= 0.3 is 0 Å². The third-order valence-corrected chi connectivity index (χ3v) is 3.79. The highest BCUT2D eigenvalue weighted by atomic mass is 35.5. The Morgan fingerprint density at radius 3 is 2.81 bits per heavy atom. The van der Waals surface area contributed by atoms with E-state index in [9.17, 15) is 0 Å². The highest BCUT2D eigenvalue weighted by Gasteiger charge is 2.22. The van der Waals surface area contributed by atoms with Crippen LogP contribution in [0.15, 0.2) is 30.3 Å². The summed E-state index contributed by atoms with van der Waals surface area (Å²) in [7, 11) is 0. The van der Waals surface area contributed by atoms with Gasteiger partial charge in [-0.1, -0.05) is 11.6 Å². The van der Waals surface area contributed by atoms with Crippen LogP contribution in [-0.4, -0.2) is 11.6 Å². The number of benzene rings is 1. The molecule has 4 nitrogen and oxygen atoms in total. The van der Waals surface area contributed by atoms with Gasteiger partial charge in [0, 0.05) is 11.1 Å². The standard InChI is InChI=1S/C16H17ClN2O2/c1-10-8-12(4-5-13(10)17)21-15-7-6-14(18)16(19-15)20-9-11-2-3-11/h4-8,11H,2-3,9,18H2,1H3. The zero-order valence-corrected chi connectivity index (χ0v) is 12.6. The molecule has 0 spiro atoms. The lowest BCUT2D eigenvalue weighted by Gasteiger charge is -2.10. The summed E-state index contributed by atoms with van der Waals surface area (Å²) in [5.41, 5.74) is 7.35. The largest absolute Gasteiger partial charge is 0.476 e. The first-order valence-corrected chi connectivity index (χ1v) is 7.33. The molecule has 0 aliphatic heterocycles. The summed E-state index contributed by atoms with van der Waals surface area (Å²) in [6.45, 7) is 2.59. The van der Waals surface area contributed by atoms with Gasteiger partial charge in [0.25, 0.3) is 0 Å². The summed E-state index contributed by atoms with van der Waals surface area (Å²) >= 11 is 6.00. The first-order valence-electron chi connectivity index (χ1n) is 6.95. The van der Waals surface area contributed by atoms with Crippen molar-refractivity contribution < 1.29 is 9.47 Å². The molecule has 0 bridgehead atoms. The number of hydrogen-bond donors (Lipinski definition) is 1. The van der Waals surface area contributed by atoms with Crippen molar-refractivity contribution in [3.63, 3.8) is 0 Å². The van der Waals surface area contributed by atoms with Gasteiger partial charge in [-0.15, -0.1) is 0 Å². The number of pyridine rings is 1. The lowest BCUT2D eigenvalue weighted by atomic mass is 10.2. The van der Waals surface area contributed by atoms with Gasteiger partial charge in [0.15, 0.2) is 0 Å². The Kier molecular flexibility index (Phi) is 3.88. The minimum absolute atomic E-state index is 0.435. The van der Waals surface area contributed by atoms with E-state index in [1.54, 1.807) is 24.3 Å². The van der Waals surface area contributed by atoms with Crippen LogP contribution in [-0.2, 0) is 0 Å². The first kappa shape index (κ1) is 14.0. The summed E-state index contributed by atoms with van der Waals surface area (Å²) in [5, 5.41) is 0.709. The number of halogens is 1. The van der Waals surface area contributed by atoms with E-state index in [0.717, 1.165) is 5.56 Å². The number of nitrogen functional groups attached to an aromatic ring is 1. The van der Waals surface area contributed by atoms with Crippen LogP contribution < -0.4 is 15.2 Å². The van der Waals surface area contributed by atoms with Crippen molar-refractivity contribution >= 4 is 17.3 Å². The van der Waals surface area contributed by atoms with Crippen LogP contribution in [0.5, 0.6) is 17.5 Å². The Balaban J connectivity index is 1.74.